The fraction of sp³-hybridized carbons (Fsp3) is 0.278. The minimum absolute atomic E-state index is 0.0190. The van der Waals surface area contributed by atoms with Crippen molar-refractivity contribution in [3.05, 3.63) is 48.0 Å². The minimum atomic E-state index is -4.73. The van der Waals surface area contributed by atoms with Crippen molar-refractivity contribution in [1.82, 2.24) is 0 Å². The molecule has 12 nitrogen and oxygen atoms in total. The molecule has 0 bridgehead atoms. The van der Waals surface area contributed by atoms with Crippen LogP contribution in [0.25, 0.3) is 0 Å². The number of azo groups is 1. The number of nitrogens with zero attached hydrogens (tertiary/aromatic N) is 4. The standard InChI is InChI=1S/C18H22N4O8S2/c1-21(2)16-6-4-5-15(18(23)24)17(16)20-19-13-7-9-14(10-8-13)22(3)31(25,26)12-11-30-32(27,28)29/h4-10H,11-12H2,1-3H3,(H,23,24)(H,27,28,29)/b20-19+. The van der Waals surface area contributed by atoms with Gasteiger partial charge < -0.3 is 10.0 Å². The molecule has 0 radical (unpaired) electrons. The van der Waals surface area contributed by atoms with E-state index in [1.54, 1.807) is 31.1 Å². The van der Waals surface area contributed by atoms with Crippen molar-refractivity contribution in [3.8, 4) is 0 Å². The average Bonchev–Trinajstić information content (AvgIpc) is 2.70. The summed E-state index contributed by atoms with van der Waals surface area (Å²) in [5.41, 5.74) is 1.32. The number of rotatable bonds is 10. The van der Waals surface area contributed by atoms with Gasteiger partial charge >= 0.3 is 16.4 Å². The SMILES string of the molecule is CN(C)c1cccc(C(=O)O)c1/N=N/c1ccc(N(C)S(=O)(=O)CCOS(=O)(=O)O)cc1. The highest BCUT2D eigenvalue weighted by atomic mass is 32.3. The lowest BCUT2D eigenvalue weighted by Crippen LogP contribution is -2.31. The predicted octanol–water partition coefficient (Wildman–Crippen LogP) is 2.45. The van der Waals surface area contributed by atoms with Gasteiger partial charge in [-0.1, -0.05) is 6.07 Å². The lowest BCUT2D eigenvalue weighted by atomic mass is 10.1. The Morgan fingerprint density at radius 3 is 2.16 bits per heavy atom. The molecular formula is C18H22N4O8S2. The van der Waals surface area contributed by atoms with E-state index < -0.39 is 38.8 Å². The highest BCUT2D eigenvalue weighted by Crippen LogP contribution is 2.33. The summed E-state index contributed by atoms with van der Waals surface area (Å²) >= 11 is 0. The predicted molar refractivity (Wildman–Crippen MR) is 118 cm³/mol. The van der Waals surface area contributed by atoms with Crippen molar-refractivity contribution >= 4 is 49.1 Å². The Bertz CT molecular complexity index is 1210. The number of anilines is 2. The largest absolute Gasteiger partial charge is 0.478 e. The van der Waals surface area contributed by atoms with Gasteiger partial charge in [0.25, 0.3) is 0 Å². The summed E-state index contributed by atoms with van der Waals surface area (Å²) in [4.78, 5) is 13.2. The van der Waals surface area contributed by atoms with Crippen molar-refractivity contribution in [2.45, 2.75) is 0 Å². The maximum atomic E-state index is 12.3. The number of aromatic carboxylic acids is 1. The van der Waals surface area contributed by atoms with Crippen LogP contribution in [0.5, 0.6) is 0 Å². The number of carboxylic acids is 1. The van der Waals surface area contributed by atoms with Crippen molar-refractivity contribution < 1.29 is 35.5 Å². The van der Waals surface area contributed by atoms with Gasteiger partial charge in [-0.2, -0.15) is 13.5 Å². The van der Waals surface area contributed by atoms with Crippen molar-refractivity contribution in [2.75, 3.05) is 42.7 Å². The molecule has 0 aliphatic carbocycles. The summed E-state index contributed by atoms with van der Waals surface area (Å²) < 4.78 is 59.1. The molecule has 0 aliphatic heterocycles. The van der Waals surface area contributed by atoms with Gasteiger partial charge in [0, 0.05) is 21.1 Å². The second kappa shape index (κ2) is 10.0. The third-order valence-corrected chi connectivity index (χ3v) is 6.39. The zero-order chi connectivity index (χ0) is 24.1. The van der Waals surface area contributed by atoms with Crippen LogP contribution in [-0.2, 0) is 24.6 Å². The van der Waals surface area contributed by atoms with E-state index in [0.717, 1.165) is 4.31 Å². The normalized spacial score (nSPS) is 12.1. The highest BCUT2D eigenvalue weighted by molar-refractivity contribution is 7.92. The molecule has 174 valence electrons. The van der Waals surface area contributed by atoms with Gasteiger partial charge in [0.2, 0.25) is 10.0 Å². The number of benzene rings is 2. The first-order chi connectivity index (χ1) is 14.8. The van der Waals surface area contributed by atoms with Crippen molar-refractivity contribution in [2.24, 2.45) is 10.2 Å². The molecule has 0 saturated heterocycles. The van der Waals surface area contributed by atoms with Crippen LogP contribution in [0.2, 0.25) is 0 Å². The third-order valence-electron chi connectivity index (χ3n) is 4.20. The average molecular weight is 487 g/mol. The summed E-state index contributed by atoms with van der Waals surface area (Å²) in [7, 11) is -3.91. The van der Waals surface area contributed by atoms with Gasteiger partial charge in [-0.3, -0.25) is 8.86 Å². The second-order valence-corrected chi connectivity index (χ2v) is 9.83. The van der Waals surface area contributed by atoms with Crippen LogP contribution >= 0.6 is 0 Å². The zero-order valence-corrected chi connectivity index (χ0v) is 19.0. The Morgan fingerprint density at radius 2 is 1.62 bits per heavy atom. The van der Waals surface area contributed by atoms with E-state index >= 15 is 0 Å². The Balaban J connectivity index is 2.22. The molecule has 0 heterocycles. The molecule has 0 aromatic heterocycles. The number of sulfonamides is 1. The maximum Gasteiger partial charge on any atom is 0.397 e. The Morgan fingerprint density at radius 1 is 1.00 bits per heavy atom. The first-order valence-corrected chi connectivity index (χ1v) is 11.9. The molecule has 32 heavy (non-hydrogen) atoms. The van der Waals surface area contributed by atoms with Crippen LogP contribution < -0.4 is 9.21 Å². The van der Waals surface area contributed by atoms with Crippen molar-refractivity contribution in [1.29, 1.82) is 0 Å². The number of carbonyl (C=O) groups is 1. The summed E-state index contributed by atoms with van der Waals surface area (Å²) in [6, 6.07) is 10.6. The van der Waals surface area contributed by atoms with E-state index in [1.165, 1.54) is 37.4 Å². The number of hydrogen-bond donors (Lipinski definition) is 2. The van der Waals surface area contributed by atoms with Crippen LogP contribution in [-0.4, -0.2) is 66.0 Å². The molecule has 0 unspecified atom stereocenters. The monoisotopic (exact) mass is 486 g/mol. The molecular weight excluding hydrogens is 464 g/mol. The molecule has 2 N–H and O–H groups in total. The topological polar surface area (TPSA) is 166 Å². The van der Waals surface area contributed by atoms with Crippen LogP contribution in [0, 0.1) is 0 Å². The number of hydrogen-bond acceptors (Lipinski definition) is 9. The molecule has 2 aromatic rings. The smallest absolute Gasteiger partial charge is 0.397 e. The molecule has 2 aromatic carbocycles. The molecule has 0 aliphatic rings. The van der Waals surface area contributed by atoms with Gasteiger partial charge in [-0.05, 0) is 36.4 Å². The quantitative estimate of drug-likeness (QED) is 0.379. The zero-order valence-electron chi connectivity index (χ0n) is 17.4. The lowest BCUT2D eigenvalue weighted by Gasteiger charge is -2.19. The summed E-state index contributed by atoms with van der Waals surface area (Å²) in [5, 5.41) is 17.5. The molecule has 0 amide bonds. The first-order valence-electron chi connectivity index (χ1n) is 8.96. The van der Waals surface area contributed by atoms with E-state index in [1.807, 2.05) is 0 Å². The molecule has 14 heteroatoms. The van der Waals surface area contributed by atoms with E-state index in [9.17, 15) is 26.7 Å². The fourth-order valence-electron chi connectivity index (χ4n) is 2.55. The maximum absolute atomic E-state index is 12.3. The highest BCUT2D eigenvalue weighted by Gasteiger charge is 2.20. The van der Waals surface area contributed by atoms with Crippen LogP contribution in [0.3, 0.4) is 0 Å². The third kappa shape index (κ3) is 6.71. The van der Waals surface area contributed by atoms with Crippen molar-refractivity contribution in [3.63, 3.8) is 0 Å². The molecule has 2 rings (SSSR count). The minimum Gasteiger partial charge on any atom is -0.478 e. The molecule has 0 fully saturated rings. The molecule has 0 saturated carbocycles. The van der Waals surface area contributed by atoms with E-state index in [4.69, 9.17) is 4.55 Å². The Hall–Kier alpha value is -3.07. The van der Waals surface area contributed by atoms with Gasteiger partial charge in [0.05, 0.1) is 35.0 Å². The van der Waals surface area contributed by atoms with Gasteiger partial charge in [-0.15, -0.1) is 5.11 Å². The molecule has 0 spiro atoms. The summed E-state index contributed by atoms with van der Waals surface area (Å²) in [5.74, 6) is -1.83. The number of carboxylic acid groups (broad SMARTS) is 1. The second-order valence-electron chi connectivity index (χ2n) is 6.62. The summed E-state index contributed by atoms with van der Waals surface area (Å²) in [6.07, 6.45) is 0. The van der Waals surface area contributed by atoms with Gasteiger partial charge in [-0.25, -0.2) is 17.4 Å². The Labute approximate surface area is 185 Å². The fourth-order valence-corrected chi connectivity index (χ4v) is 3.96. The summed E-state index contributed by atoms with van der Waals surface area (Å²) in [6.45, 7) is -0.741. The Kier molecular flexibility index (Phi) is 7.90. The van der Waals surface area contributed by atoms with Gasteiger partial charge in [0.15, 0.2) is 0 Å². The molecule has 0 atom stereocenters. The van der Waals surface area contributed by atoms with E-state index in [2.05, 4.69) is 14.4 Å². The van der Waals surface area contributed by atoms with Crippen LogP contribution in [0.1, 0.15) is 10.4 Å². The lowest BCUT2D eigenvalue weighted by molar-refractivity contribution is 0.0697. The van der Waals surface area contributed by atoms with Crippen LogP contribution in [0.15, 0.2) is 52.7 Å². The van der Waals surface area contributed by atoms with Gasteiger partial charge in [0.1, 0.15) is 5.69 Å². The van der Waals surface area contributed by atoms with E-state index in [-0.39, 0.29) is 16.9 Å². The first kappa shape index (κ1) is 25.2. The van der Waals surface area contributed by atoms with Crippen LogP contribution in [0.4, 0.5) is 22.7 Å². The van der Waals surface area contributed by atoms with E-state index in [0.29, 0.717) is 11.4 Å².